The zero-order valence-electron chi connectivity index (χ0n) is 13.4. The summed E-state index contributed by atoms with van der Waals surface area (Å²) in [7, 11) is -1.09. The molecule has 0 saturated carbocycles. The molecule has 0 unspecified atom stereocenters. The van der Waals surface area contributed by atoms with Gasteiger partial charge in [0.05, 0.1) is 9.82 Å². The predicted octanol–water partition coefficient (Wildman–Crippen LogP) is 2.93. The van der Waals surface area contributed by atoms with Crippen molar-refractivity contribution in [2.45, 2.75) is 11.4 Å². The third-order valence-electron chi connectivity index (χ3n) is 3.59. The van der Waals surface area contributed by atoms with E-state index >= 15 is 0 Å². The standard InChI is InChI=1S/C15H15ClFN3O4S/c1-18-25(23,24)10-6-7-14(15(8-10)20(21)22)19(2)9-11-12(16)4-3-5-13(11)17/h3-8,18H,9H2,1-2H3. The molecule has 0 bridgehead atoms. The number of sulfonamides is 1. The van der Waals surface area contributed by atoms with Crippen molar-refractivity contribution in [2.24, 2.45) is 0 Å². The summed E-state index contributed by atoms with van der Waals surface area (Å²) < 4.78 is 39.7. The minimum atomic E-state index is -3.82. The molecule has 25 heavy (non-hydrogen) atoms. The Hall–Kier alpha value is -2.23. The molecule has 10 heteroatoms. The van der Waals surface area contributed by atoms with Crippen LogP contribution in [0.2, 0.25) is 5.02 Å². The zero-order chi connectivity index (χ0) is 18.8. The van der Waals surface area contributed by atoms with E-state index in [9.17, 15) is 22.9 Å². The minimum absolute atomic E-state index is 0.0233. The van der Waals surface area contributed by atoms with E-state index in [2.05, 4.69) is 4.72 Å². The van der Waals surface area contributed by atoms with E-state index < -0.39 is 26.5 Å². The first kappa shape index (κ1) is 19.1. The molecule has 0 radical (unpaired) electrons. The van der Waals surface area contributed by atoms with E-state index in [1.165, 1.54) is 49.3 Å². The van der Waals surface area contributed by atoms with Crippen LogP contribution in [0.4, 0.5) is 15.8 Å². The van der Waals surface area contributed by atoms with Crippen molar-refractivity contribution >= 4 is 33.0 Å². The van der Waals surface area contributed by atoms with Gasteiger partial charge in [-0.3, -0.25) is 10.1 Å². The largest absolute Gasteiger partial charge is 0.365 e. The number of nitro groups is 1. The Balaban J connectivity index is 2.46. The maximum absolute atomic E-state index is 13.9. The molecule has 0 spiro atoms. The summed E-state index contributed by atoms with van der Waals surface area (Å²) in [6.07, 6.45) is 0. The number of nitrogens with one attached hydrogen (secondary N) is 1. The lowest BCUT2D eigenvalue weighted by molar-refractivity contribution is -0.384. The molecule has 0 amide bonds. The highest BCUT2D eigenvalue weighted by atomic mass is 35.5. The summed E-state index contributed by atoms with van der Waals surface area (Å²) >= 11 is 5.98. The van der Waals surface area contributed by atoms with Gasteiger partial charge in [0.1, 0.15) is 11.5 Å². The van der Waals surface area contributed by atoms with Crippen LogP contribution in [0.25, 0.3) is 0 Å². The lowest BCUT2D eigenvalue weighted by Crippen LogP contribution is -2.21. The fraction of sp³-hybridized carbons (Fsp3) is 0.200. The number of hydrogen-bond acceptors (Lipinski definition) is 5. The quantitative estimate of drug-likeness (QED) is 0.607. The van der Waals surface area contributed by atoms with Crippen molar-refractivity contribution in [2.75, 3.05) is 19.0 Å². The molecule has 7 nitrogen and oxygen atoms in total. The highest BCUT2D eigenvalue weighted by molar-refractivity contribution is 7.89. The molecular weight excluding hydrogens is 373 g/mol. The van der Waals surface area contributed by atoms with Gasteiger partial charge >= 0.3 is 0 Å². The second-order valence-corrected chi connectivity index (χ2v) is 7.47. The fourth-order valence-electron chi connectivity index (χ4n) is 2.26. The van der Waals surface area contributed by atoms with Gasteiger partial charge in [0.15, 0.2) is 0 Å². The molecule has 0 heterocycles. The van der Waals surface area contributed by atoms with Crippen LogP contribution in [0.3, 0.4) is 0 Å². The van der Waals surface area contributed by atoms with E-state index in [4.69, 9.17) is 11.6 Å². The third-order valence-corrected chi connectivity index (χ3v) is 5.36. The first-order valence-corrected chi connectivity index (χ1v) is 8.89. The third kappa shape index (κ3) is 4.06. The van der Waals surface area contributed by atoms with Gasteiger partial charge in [0.25, 0.3) is 5.69 Å². The molecule has 2 aromatic carbocycles. The van der Waals surface area contributed by atoms with Crippen LogP contribution in [0, 0.1) is 15.9 Å². The molecule has 1 N–H and O–H groups in total. The second kappa shape index (κ2) is 7.34. The number of nitro benzene ring substituents is 1. The normalized spacial score (nSPS) is 11.4. The first-order valence-electron chi connectivity index (χ1n) is 7.03. The number of benzene rings is 2. The van der Waals surface area contributed by atoms with Gasteiger partial charge in [0, 0.05) is 30.2 Å². The van der Waals surface area contributed by atoms with Crippen LogP contribution in [0.1, 0.15) is 5.56 Å². The van der Waals surface area contributed by atoms with Gasteiger partial charge in [-0.05, 0) is 31.3 Å². The molecule has 0 saturated heterocycles. The van der Waals surface area contributed by atoms with Gasteiger partial charge in [-0.15, -0.1) is 0 Å². The molecule has 134 valence electrons. The average Bonchev–Trinajstić information content (AvgIpc) is 2.57. The average molecular weight is 388 g/mol. The monoisotopic (exact) mass is 387 g/mol. The molecular formula is C15H15ClFN3O4S. The maximum Gasteiger partial charge on any atom is 0.293 e. The SMILES string of the molecule is CNS(=O)(=O)c1ccc(N(C)Cc2c(F)cccc2Cl)c([N+](=O)[O-])c1. The summed E-state index contributed by atoms with van der Waals surface area (Å²) in [6, 6.07) is 7.73. The number of nitrogens with zero attached hydrogens (tertiary/aromatic N) is 2. The topological polar surface area (TPSA) is 92.6 Å². The lowest BCUT2D eigenvalue weighted by Gasteiger charge is -2.20. The van der Waals surface area contributed by atoms with Crippen LogP contribution < -0.4 is 9.62 Å². The van der Waals surface area contributed by atoms with E-state index in [1.807, 2.05) is 0 Å². The predicted molar refractivity (Wildman–Crippen MR) is 92.9 cm³/mol. The van der Waals surface area contributed by atoms with Crippen molar-refractivity contribution in [3.8, 4) is 0 Å². The van der Waals surface area contributed by atoms with Crippen molar-refractivity contribution in [3.05, 3.63) is 62.9 Å². The molecule has 0 aromatic heterocycles. The van der Waals surface area contributed by atoms with E-state index in [0.717, 1.165) is 6.07 Å². The van der Waals surface area contributed by atoms with Crippen LogP contribution in [-0.4, -0.2) is 27.4 Å². The highest BCUT2D eigenvalue weighted by Gasteiger charge is 2.23. The number of anilines is 1. The zero-order valence-corrected chi connectivity index (χ0v) is 14.9. The van der Waals surface area contributed by atoms with E-state index in [1.54, 1.807) is 0 Å². The molecule has 2 rings (SSSR count). The summed E-state index contributed by atoms with van der Waals surface area (Å²) in [6.45, 7) is -0.0233. The number of rotatable bonds is 6. The Kier molecular flexibility index (Phi) is 5.61. The molecule has 2 aromatic rings. The van der Waals surface area contributed by atoms with Crippen LogP contribution in [-0.2, 0) is 16.6 Å². The summed E-state index contributed by atoms with van der Waals surface area (Å²) in [4.78, 5) is 11.8. The Morgan fingerprint density at radius 1 is 1.32 bits per heavy atom. The molecule has 0 fully saturated rings. The van der Waals surface area contributed by atoms with Gasteiger partial charge in [-0.1, -0.05) is 17.7 Å². The minimum Gasteiger partial charge on any atom is -0.365 e. The smallest absolute Gasteiger partial charge is 0.293 e. The Bertz CT molecular complexity index is 901. The molecule has 0 aliphatic heterocycles. The van der Waals surface area contributed by atoms with Crippen LogP contribution >= 0.6 is 11.6 Å². The fourth-order valence-corrected chi connectivity index (χ4v) is 3.24. The summed E-state index contributed by atoms with van der Waals surface area (Å²) in [5, 5.41) is 11.5. The number of halogens is 2. The van der Waals surface area contributed by atoms with Crippen molar-refractivity contribution in [1.29, 1.82) is 0 Å². The van der Waals surface area contributed by atoms with Crippen molar-refractivity contribution in [3.63, 3.8) is 0 Å². The summed E-state index contributed by atoms with van der Waals surface area (Å²) in [5.74, 6) is -0.531. The molecule has 0 aliphatic carbocycles. The number of hydrogen-bond donors (Lipinski definition) is 1. The van der Waals surface area contributed by atoms with E-state index in [0.29, 0.717) is 0 Å². The second-order valence-electron chi connectivity index (χ2n) is 5.17. The van der Waals surface area contributed by atoms with Gasteiger partial charge in [-0.2, -0.15) is 0 Å². The van der Waals surface area contributed by atoms with Crippen LogP contribution in [0.5, 0.6) is 0 Å². The van der Waals surface area contributed by atoms with Gasteiger partial charge < -0.3 is 4.90 Å². The summed E-state index contributed by atoms with van der Waals surface area (Å²) in [5.41, 5.74) is -0.0847. The first-order chi connectivity index (χ1) is 11.7. The molecule has 0 aliphatic rings. The van der Waals surface area contributed by atoms with Gasteiger partial charge in [0.2, 0.25) is 10.0 Å². The highest BCUT2D eigenvalue weighted by Crippen LogP contribution is 2.32. The maximum atomic E-state index is 13.9. The van der Waals surface area contributed by atoms with Gasteiger partial charge in [-0.25, -0.2) is 17.5 Å². The van der Waals surface area contributed by atoms with Crippen molar-refractivity contribution in [1.82, 2.24) is 4.72 Å². The Morgan fingerprint density at radius 3 is 2.56 bits per heavy atom. The van der Waals surface area contributed by atoms with E-state index in [-0.39, 0.29) is 27.7 Å². The molecule has 0 atom stereocenters. The lowest BCUT2D eigenvalue weighted by atomic mass is 10.1. The van der Waals surface area contributed by atoms with Crippen LogP contribution in [0.15, 0.2) is 41.3 Å². The van der Waals surface area contributed by atoms with Crippen molar-refractivity contribution < 1.29 is 17.7 Å². The Labute approximate surface area is 149 Å². The Morgan fingerprint density at radius 2 is 2.00 bits per heavy atom.